The van der Waals surface area contributed by atoms with Crippen molar-refractivity contribution in [3.05, 3.63) is 92.8 Å². The van der Waals surface area contributed by atoms with Crippen molar-refractivity contribution >= 4 is 39.9 Å². The molecule has 1 saturated heterocycles. The van der Waals surface area contributed by atoms with E-state index in [1.807, 2.05) is 23.1 Å². The van der Waals surface area contributed by atoms with Crippen molar-refractivity contribution in [1.29, 1.82) is 0 Å². The van der Waals surface area contributed by atoms with E-state index in [0.29, 0.717) is 46.4 Å². The van der Waals surface area contributed by atoms with E-state index in [-0.39, 0.29) is 36.9 Å². The van der Waals surface area contributed by atoms with Crippen LogP contribution in [0.3, 0.4) is 0 Å². The van der Waals surface area contributed by atoms with Crippen LogP contribution >= 0.6 is 11.8 Å². The molecule has 12 heteroatoms. The van der Waals surface area contributed by atoms with Crippen LogP contribution in [-0.4, -0.2) is 58.3 Å². The number of benzene rings is 3. The molecule has 2 aliphatic heterocycles. The number of rotatable bonds is 8. The van der Waals surface area contributed by atoms with Gasteiger partial charge in [-0.2, -0.15) is 0 Å². The molecule has 0 atom stereocenters. The maximum atomic E-state index is 13.7. The number of nitro groups is 1. The zero-order valence-corrected chi connectivity index (χ0v) is 22.9. The average Bonchev–Trinajstić information content (AvgIpc) is 3.47. The minimum Gasteiger partial charge on any atom is -0.454 e. The molecule has 0 spiro atoms. The van der Waals surface area contributed by atoms with Gasteiger partial charge in [0.25, 0.3) is 11.2 Å². The maximum absolute atomic E-state index is 13.7. The van der Waals surface area contributed by atoms with Gasteiger partial charge in [0.2, 0.25) is 12.7 Å². The fraction of sp³-hybridized carbons (Fsp3) is 0.276. The largest absolute Gasteiger partial charge is 0.454 e. The number of anilines is 1. The van der Waals surface area contributed by atoms with Gasteiger partial charge >= 0.3 is 0 Å². The number of nitrogens with zero attached hydrogens (tertiary/aromatic N) is 5. The summed E-state index contributed by atoms with van der Waals surface area (Å²) in [6.07, 6.45) is 0.161. The Morgan fingerprint density at radius 3 is 2.39 bits per heavy atom. The minimum absolute atomic E-state index is 0.0123. The number of para-hydroxylation sites is 1. The Bertz CT molecular complexity index is 1650. The van der Waals surface area contributed by atoms with E-state index in [9.17, 15) is 19.7 Å². The van der Waals surface area contributed by atoms with Crippen LogP contribution in [0.15, 0.2) is 76.7 Å². The van der Waals surface area contributed by atoms with Crippen molar-refractivity contribution in [3.8, 4) is 11.5 Å². The first-order valence-electron chi connectivity index (χ1n) is 13.2. The van der Waals surface area contributed by atoms with Crippen molar-refractivity contribution in [2.75, 3.05) is 37.9 Å². The third-order valence-corrected chi connectivity index (χ3v) is 8.28. The van der Waals surface area contributed by atoms with Crippen molar-refractivity contribution in [2.24, 2.45) is 0 Å². The van der Waals surface area contributed by atoms with Gasteiger partial charge in [0, 0.05) is 68.8 Å². The van der Waals surface area contributed by atoms with E-state index >= 15 is 0 Å². The molecule has 1 aromatic heterocycles. The molecule has 2 aliphatic rings. The van der Waals surface area contributed by atoms with Gasteiger partial charge in [-0.05, 0) is 23.8 Å². The van der Waals surface area contributed by atoms with Crippen LogP contribution in [0.1, 0.15) is 12.0 Å². The zero-order valence-electron chi connectivity index (χ0n) is 22.1. The first-order chi connectivity index (χ1) is 20.0. The average molecular weight is 574 g/mol. The van der Waals surface area contributed by atoms with Crippen molar-refractivity contribution < 1.29 is 19.2 Å². The van der Waals surface area contributed by atoms with Gasteiger partial charge in [0.1, 0.15) is 0 Å². The molecule has 3 heterocycles. The standard InChI is InChI=1S/C29H27N5O6S/c35-27(32-14-12-31(13-15-32)21-4-2-1-3-5-21)10-11-33-28(36)23-16-25-26(40-19-39-25)17-24(23)30-29(33)41-18-20-6-8-22(9-7-20)34(37)38/h1-9,16-17H,10-15,18-19H2. The summed E-state index contributed by atoms with van der Waals surface area (Å²) in [7, 11) is 0. The molecule has 0 radical (unpaired) electrons. The molecule has 1 fully saturated rings. The molecular formula is C29H27N5O6S. The number of nitro benzene ring substituents is 1. The second-order valence-corrected chi connectivity index (χ2v) is 10.7. The summed E-state index contributed by atoms with van der Waals surface area (Å²) >= 11 is 1.34. The first-order valence-corrected chi connectivity index (χ1v) is 14.2. The molecule has 210 valence electrons. The van der Waals surface area contributed by atoms with Crippen LogP contribution in [0.4, 0.5) is 11.4 Å². The van der Waals surface area contributed by atoms with E-state index in [1.165, 1.54) is 23.9 Å². The monoisotopic (exact) mass is 573 g/mol. The number of hydrogen-bond acceptors (Lipinski definition) is 9. The second kappa shape index (κ2) is 11.5. The van der Waals surface area contributed by atoms with Gasteiger partial charge in [0.05, 0.1) is 15.8 Å². The summed E-state index contributed by atoms with van der Waals surface area (Å²) in [6.45, 7) is 2.98. The fourth-order valence-corrected chi connectivity index (χ4v) is 5.96. The highest BCUT2D eigenvalue weighted by molar-refractivity contribution is 7.98. The van der Waals surface area contributed by atoms with E-state index in [0.717, 1.165) is 24.3 Å². The third-order valence-electron chi connectivity index (χ3n) is 7.23. The molecule has 0 aliphatic carbocycles. The molecule has 11 nitrogen and oxygen atoms in total. The Hall–Kier alpha value is -4.58. The van der Waals surface area contributed by atoms with Crippen LogP contribution in [0, 0.1) is 10.1 Å². The third kappa shape index (κ3) is 5.68. The number of non-ortho nitro benzene ring substituents is 1. The molecule has 4 aromatic rings. The van der Waals surface area contributed by atoms with Crippen LogP contribution < -0.4 is 19.9 Å². The Labute approximate surface area is 239 Å². The van der Waals surface area contributed by atoms with Gasteiger partial charge in [-0.15, -0.1) is 0 Å². The van der Waals surface area contributed by atoms with Crippen molar-refractivity contribution in [1.82, 2.24) is 14.5 Å². The molecule has 0 unspecified atom stereocenters. The highest BCUT2D eigenvalue weighted by Gasteiger charge is 2.23. The number of amides is 1. The Kier molecular flexibility index (Phi) is 7.47. The predicted octanol–water partition coefficient (Wildman–Crippen LogP) is 4.06. The summed E-state index contributed by atoms with van der Waals surface area (Å²) in [5, 5.41) is 11.8. The lowest BCUT2D eigenvalue weighted by Crippen LogP contribution is -2.49. The Morgan fingerprint density at radius 1 is 0.976 bits per heavy atom. The number of aromatic nitrogens is 2. The van der Waals surface area contributed by atoms with Gasteiger partial charge in [-0.25, -0.2) is 4.98 Å². The molecular weight excluding hydrogens is 546 g/mol. The summed E-state index contributed by atoms with van der Waals surface area (Å²) in [5.74, 6) is 1.44. The number of hydrogen-bond donors (Lipinski definition) is 0. The quantitative estimate of drug-likeness (QED) is 0.133. The molecule has 1 amide bonds. The maximum Gasteiger partial charge on any atom is 0.269 e. The van der Waals surface area contributed by atoms with Gasteiger partial charge in [0.15, 0.2) is 16.7 Å². The number of thioether (sulfide) groups is 1. The van der Waals surface area contributed by atoms with E-state index in [1.54, 1.807) is 28.8 Å². The van der Waals surface area contributed by atoms with Gasteiger partial charge < -0.3 is 19.3 Å². The molecule has 6 rings (SSSR count). The number of fused-ring (bicyclic) bond motifs is 2. The summed E-state index contributed by atoms with van der Waals surface area (Å²) < 4.78 is 12.5. The predicted molar refractivity (Wildman–Crippen MR) is 155 cm³/mol. The number of carbonyl (C=O) groups excluding carboxylic acids is 1. The summed E-state index contributed by atoms with van der Waals surface area (Å²) in [6, 6.07) is 19.7. The van der Waals surface area contributed by atoms with E-state index in [4.69, 9.17) is 14.5 Å². The SMILES string of the molecule is O=C(CCn1c(SCc2ccc([N+](=O)[O-])cc2)nc2cc3c(cc2c1=O)OCO3)N1CCN(c2ccccc2)CC1. The fourth-order valence-electron chi connectivity index (χ4n) is 4.98. The Balaban J connectivity index is 1.20. The lowest BCUT2D eigenvalue weighted by atomic mass is 10.2. The number of ether oxygens (including phenoxy) is 2. The molecule has 0 saturated carbocycles. The van der Waals surface area contributed by atoms with Crippen LogP contribution in [0.25, 0.3) is 10.9 Å². The van der Waals surface area contributed by atoms with E-state index in [2.05, 4.69) is 17.0 Å². The zero-order chi connectivity index (χ0) is 28.3. The van der Waals surface area contributed by atoms with Crippen LogP contribution in [0.2, 0.25) is 0 Å². The van der Waals surface area contributed by atoms with Gasteiger partial charge in [-0.1, -0.05) is 42.1 Å². The lowest BCUT2D eigenvalue weighted by molar-refractivity contribution is -0.384. The van der Waals surface area contributed by atoms with Crippen molar-refractivity contribution in [3.63, 3.8) is 0 Å². The van der Waals surface area contributed by atoms with Crippen LogP contribution in [0.5, 0.6) is 11.5 Å². The number of carbonyl (C=O) groups is 1. The Morgan fingerprint density at radius 2 is 1.68 bits per heavy atom. The highest BCUT2D eigenvalue weighted by Crippen LogP contribution is 2.35. The summed E-state index contributed by atoms with van der Waals surface area (Å²) in [5.41, 5.74) is 2.22. The van der Waals surface area contributed by atoms with Crippen LogP contribution in [-0.2, 0) is 17.1 Å². The minimum atomic E-state index is -0.442. The lowest BCUT2D eigenvalue weighted by Gasteiger charge is -2.36. The molecule has 0 bridgehead atoms. The van der Waals surface area contributed by atoms with E-state index < -0.39 is 4.92 Å². The molecule has 3 aromatic carbocycles. The molecule has 41 heavy (non-hydrogen) atoms. The topological polar surface area (TPSA) is 120 Å². The second-order valence-electron chi connectivity index (χ2n) is 9.74. The normalized spacial score (nSPS) is 14.4. The number of piperazine rings is 1. The first kappa shape index (κ1) is 26.6. The van der Waals surface area contributed by atoms with Gasteiger partial charge in [-0.3, -0.25) is 24.3 Å². The highest BCUT2D eigenvalue weighted by atomic mass is 32.2. The molecule has 0 N–H and O–H groups in total. The smallest absolute Gasteiger partial charge is 0.269 e. The summed E-state index contributed by atoms with van der Waals surface area (Å²) in [4.78, 5) is 46.3. The van der Waals surface area contributed by atoms with Crippen molar-refractivity contribution in [2.45, 2.75) is 23.9 Å².